The van der Waals surface area contributed by atoms with Crippen LogP contribution in [0.2, 0.25) is 0 Å². The Morgan fingerprint density at radius 1 is 1.05 bits per heavy atom. The van der Waals surface area contributed by atoms with Gasteiger partial charge < -0.3 is 20.1 Å². The largest absolute Gasteiger partial charge is 0.436 e. The molecular weight excluding hydrogens is 496 g/mol. The predicted molar refractivity (Wildman–Crippen MR) is 153 cm³/mol. The van der Waals surface area contributed by atoms with E-state index in [4.69, 9.17) is 4.74 Å². The molecule has 4 aromatic rings. The topological polar surface area (TPSA) is 101 Å². The van der Waals surface area contributed by atoms with Gasteiger partial charge in [-0.25, -0.2) is 19.2 Å². The zero-order chi connectivity index (χ0) is 26.1. The van der Waals surface area contributed by atoms with Crippen molar-refractivity contribution in [3.63, 3.8) is 0 Å². The van der Waals surface area contributed by atoms with Crippen LogP contribution < -0.4 is 20.1 Å². The Morgan fingerprint density at radius 3 is 2.66 bits per heavy atom. The van der Waals surface area contributed by atoms with Crippen molar-refractivity contribution in [2.75, 3.05) is 23.1 Å². The Morgan fingerprint density at radius 2 is 1.87 bits per heavy atom. The molecule has 8 nitrogen and oxygen atoms in total. The van der Waals surface area contributed by atoms with Gasteiger partial charge in [-0.2, -0.15) is 0 Å². The van der Waals surface area contributed by atoms with E-state index in [9.17, 15) is 4.21 Å². The molecule has 2 aliphatic rings. The maximum absolute atomic E-state index is 12.8. The molecule has 1 aliphatic carbocycles. The van der Waals surface area contributed by atoms with Crippen molar-refractivity contribution < 1.29 is 8.95 Å². The molecule has 6 rings (SSSR count). The van der Waals surface area contributed by atoms with Crippen LogP contribution in [0.3, 0.4) is 0 Å². The van der Waals surface area contributed by atoms with E-state index in [1.54, 1.807) is 18.6 Å². The summed E-state index contributed by atoms with van der Waals surface area (Å²) in [5.41, 5.74) is 3.30. The van der Waals surface area contributed by atoms with E-state index < -0.39 is 11.0 Å². The maximum atomic E-state index is 12.8. The molecule has 2 fully saturated rings. The fourth-order valence-corrected chi connectivity index (χ4v) is 6.45. The highest BCUT2D eigenvalue weighted by Crippen LogP contribution is 2.41. The third-order valence-electron chi connectivity index (χ3n) is 7.25. The summed E-state index contributed by atoms with van der Waals surface area (Å²) in [6.45, 7) is 6.13. The first kappa shape index (κ1) is 24.8. The van der Waals surface area contributed by atoms with Crippen molar-refractivity contribution in [1.82, 2.24) is 20.3 Å². The van der Waals surface area contributed by atoms with Gasteiger partial charge in [-0.1, -0.05) is 31.2 Å². The molecule has 0 amide bonds. The first-order chi connectivity index (χ1) is 18.6. The van der Waals surface area contributed by atoms with Crippen LogP contribution in [0.4, 0.5) is 11.5 Å². The van der Waals surface area contributed by atoms with Crippen molar-refractivity contribution in [2.24, 2.45) is 5.92 Å². The van der Waals surface area contributed by atoms with Crippen LogP contribution in [-0.4, -0.2) is 43.5 Å². The first-order valence-electron chi connectivity index (χ1n) is 13.2. The van der Waals surface area contributed by atoms with Crippen LogP contribution in [0, 0.1) is 12.8 Å². The van der Waals surface area contributed by atoms with E-state index >= 15 is 0 Å². The minimum atomic E-state index is -1.11. The van der Waals surface area contributed by atoms with Crippen molar-refractivity contribution in [2.45, 2.75) is 44.4 Å². The number of anilines is 2. The first-order valence-corrected chi connectivity index (χ1v) is 14.4. The number of piperidine rings is 1. The molecule has 3 unspecified atom stereocenters. The zero-order valence-electron chi connectivity index (χ0n) is 21.6. The lowest BCUT2D eigenvalue weighted by atomic mass is 10.0. The minimum Gasteiger partial charge on any atom is -0.436 e. The monoisotopic (exact) mass is 528 g/mol. The maximum Gasteiger partial charge on any atom is 0.246 e. The van der Waals surface area contributed by atoms with Gasteiger partial charge in [-0.15, -0.1) is 0 Å². The minimum absolute atomic E-state index is 0.210. The van der Waals surface area contributed by atoms with E-state index in [-0.39, 0.29) is 5.25 Å². The summed E-state index contributed by atoms with van der Waals surface area (Å²) in [6, 6.07) is 14.3. The zero-order valence-corrected chi connectivity index (χ0v) is 22.4. The summed E-state index contributed by atoms with van der Waals surface area (Å²) in [6.07, 6.45) is 8.36. The quantitative estimate of drug-likeness (QED) is 0.280. The molecule has 0 radical (unpaired) electrons. The van der Waals surface area contributed by atoms with E-state index in [0.717, 1.165) is 65.8 Å². The second kappa shape index (κ2) is 10.7. The number of pyridine rings is 1. The van der Waals surface area contributed by atoms with Crippen LogP contribution in [0.25, 0.3) is 22.0 Å². The molecule has 0 bridgehead atoms. The van der Waals surface area contributed by atoms with Crippen LogP contribution in [-0.2, 0) is 11.0 Å². The molecule has 9 heteroatoms. The van der Waals surface area contributed by atoms with Gasteiger partial charge in [-0.3, -0.25) is 0 Å². The number of nitrogens with one attached hydrogen (secondary N) is 3. The lowest BCUT2D eigenvalue weighted by Crippen LogP contribution is -2.38. The summed E-state index contributed by atoms with van der Waals surface area (Å²) in [5, 5.41) is 9.05. The number of hydrogen-bond acceptors (Lipinski definition) is 7. The molecule has 3 N–H and O–H groups in total. The summed E-state index contributed by atoms with van der Waals surface area (Å²) in [5.74, 6) is 2.44. The highest BCUT2D eigenvalue weighted by Gasteiger charge is 2.38. The van der Waals surface area contributed by atoms with Gasteiger partial charge in [0.1, 0.15) is 28.2 Å². The predicted octanol–water partition coefficient (Wildman–Crippen LogP) is 5.44. The van der Waals surface area contributed by atoms with Crippen LogP contribution >= 0.6 is 0 Å². The average Bonchev–Trinajstić information content (AvgIpc) is 3.68. The number of ether oxygens (including phenoxy) is 1. The number of fused-ring (bicyclic) bond motifs is 1. The smallest absolute Gasteiger partial charge is 0.246 e. The van der Waals surface area contributed by atoms with Gasteiger partial charge in [-0.05, 0) is 62.4 Å². The standard InChI is InChI=1S/C29H32N6O2S/c1-18-15-25(18)38(36)35-24-14-19(2)28(23-8-4-3-7-22(23)24)37-29-27(32-12-13-33-29)20-9-11-31-26(16-20)34-21-6-5-10-30-17-21/h3-4,7-9,11-14,16,18,21,25,30,35H,5-6,10,15,17H2,1-2H3,(H,31,34)/t18?,21-,25?,38?/m0/s1. The molecule has 3 heterocycles. The molecule has 2 aromatic heterocycles. The fourth-order valence-electron chi connectivity index (χ4n) is 5.01. The molecule has 0 spiro atoms. The number of rotatable bonds is 8. The van der Waals surface area contributed by atoms with Crippen LogP contribution in [0.15, 0.2) is 61.1 Å². The number of aryl methyl sites for hydroxylation is 1. The molecule has 38 heavy (non-hydrogen) atoms. The summed E-state index contributed by atoms with van der Waals surface area (Å²) in [7, 11) is -1.11. The lowest BCUT2D eigenvalue weighted by molar-refractivity contribution is 0.464. The molecule has 1 saturated carbocycles. The molecule has 196 valence electrons. The van der Waals surface area contributed by atoms with E-state index in [1.165, 1.54) is 0 Å². The third-order valence-corrected chi connectivity index (χ3v) is 8.88. The highest BCUT2D eigenvalue weighted by atomic mass is 32.2. The van der Waals surface area contributed by atoms with Crippen LogP contribution in [0.5, 0.6) is 11.6 Å². The number of aromatic nitrogens is 3. The SMILES string of the molecule is Cc1cc(NS(=O)C2CC2C)c2ccccc2c1Oc1nccnc1-c1ccnc(N[C@H]2CCCNC2)c1. The van der Waals surface area contributed by atoms with Gasteiger partial charge in [0.05, 0.1) is 10.9 Å². The summed E-state index contributed by atoms with van der Waals surface area (Å²) in [4.78, 5) is 13.7. The van der Waals surface area contributed by atoms with Crippen molar-refractivity contribution in [3.8, 4) is 22.9 Å². The lowest BCUT2D eigenvalue weighted by Gasteiger charge is -2.24. The average molecular weight is 529 g/mol. The molecule has 2 aromatic carbocycles. The molecule has 4 atom stereocenters. The fraction of sp³-hybridized carbons (Fsp3) is 0.345. The van der Waals surface area contributed by atoms with Gasteiger partial charge in [0.25, 0.3) is 0 Å². The van der Waals surface area contributed by atoms with Gasteiger partial charge in [0, 0.05) is 47.5 Å². The highest BCUT2D eigenvalue weighted by molar-refractivity contribution is 7.87. The molecule has 1 saturated heterocycles. The molecular formula is C29H32N6O2S. The normalized spacial score (nSPS) is 21.6. The summed E-state index contributed by atoms with van der Waals surface area (Å²) < 4.78 is 22.6. The number of benzene rings is 2. The van der Waals surface area contributed by atoms with Crippen molar-refractivity contribution in [1.29, 1.82) is 0 Å². The second-order valence-corrected chi connectivity index (χ2v) is 11.6. The van der Waals surface area contributed by atoms with Gasteiger partial charge in [0.15, 0.2) is 0 Å². The van der Waals surface area contributed by atoms with Gasteiger partial charge >= 0.3 is 0 Å². The third kappa shape index (κ3) is 5.21. The van der Waals surface area contributed by atoms with Crippen molar-refractivity contribution >= 4 is 33.3 Å². The molecule has 1 aliphatic heterocycles. The Hall–Kier alpha value is -3.56. The second-order valence-electron chi connectivity index (χ2n) is 10.2. The van der Waals surface area contributed by atoms with E-state index in [1.807, 2.05) is 49.4 Å². The number of hydrogen-bond donors (Lipinski definition) is 3. The van der Waals surface area contributed by atoms with Crippen molar-refractivity contribution in [3.05, 3.63) is 66.6 Å². The number of nitrogens with zero attached hydrogens (tertiary/aromatic N) is 3. The Labute approximate surface area is 225 Å². The Balaban J connectivity index is 1.31. The van der Waals surface area contributed by atoms with Gasteiger partial charge in [0.2, 0.25) is 5.88 Å². The Bertz CT molecular complexity index is 1490. The Kier molecular flexibility index (Phi) is 6.95. The van der Waals surface area contributed by atoms with E-state index in [0.29, 0.717) is 29.3 Å². The van der Waals surface area contributed by atoms with Crippen LogP contribution in [0.1, 0.15) is 31.7 Å². The van der Waals surface area contributed by atoms with E-state index in [2.05, 4.69) is 37.2 Å². The summed E-state index contributed by atoms with van der Waals surface area (Å²) >= 11 is 0.